The van der Waals surface area contributed by atoms with E-state index in [1.54, 1.807) is 37.5 Å². The van der Waals surface area contributed by atoms with E-state index in [1.807, 2.05) is 6.07 Å². The van der Waals surface area contributed by atoms with Crippen LogP contribution in [0.2, 0.25) is 5.02 Å². The minimum Gasteiger partial charge on any atom is -0.494 e. The van der Waals surface area contributed by atoms with Crippen molar-refractivity contribution in [1.29, 1.82) is 0 Å². The fraction of sp³-hybridized carbons (Fsp3) is 0.200. The lowest BCUT2D eigenvalue weighted by Gasteiger charge is -2.18. The fourth-order valence-electron chi connectivity index (χ4n) is 2.65. The first-order valence-corrected chi connectivity index (χ1v) is 8.60. The van der Waals surface area contributed by atoms with Gasteiger partial charge in [-0.25, -0.2) is 4.39 Å². The smallest absolute Gasteiger partial charge is 0.260 e. The van der Waals surface area contributed by atoms with Gasteiger partial charge in [0.2, 0.25) is 0 Å². The summed E-state index contributed by atoms with van der Waals surface area (Å²) >= 11 is 6.16. The number of hydrogen-bond acceptors (Lipinski definition) is 4. The molecule has 0 radical (unpaired) electrons. The Hall–Kier alpha value is -2.86. The molecule has 0 unspecified atom stereocenters. The standard InChI is InChI=1S/C20H18ClFN2O3/c1-24(11-13-5-7-17(26-2)16(22)10-13)19(25)12-27-18-8-6-15(21)14-4-3-9-23-20(14)18/h3-10H,11-12H2,1-2H3. The molecule has 0 aliphatic heterocycles. The average molecular weight is 389 g/mol. The number of methoxy groups -OCH3 is 1. The Morgan fingerprint density at radius 3 is 2.74 bits per heavy atom. The van der Waals surface area contributed by atoms with Crippen LogP contribution in [0.4, 0.5) is 4.39 Å². The van der Waals surface area contributed by atoms with Gasteiger partial charge >= 0.3 is 0 Å². The van der Waals surface area contributed by atoms with Crippen molar-refractivity contribution in [2.24, 2.45) is 0 Å². The summed E-state index contributed by atoms with van der Waals surface area (Å²) in [5.74, 6) is -0.0681. The summed E-state index contributed by atoms with van der Waals surface area (Å²) < 4.78 is 24.3. The normalized spacial score (nSPS) is 10.7. The van der Waals surface area contributed by atoms with Gasteiger partial charge in [0.25, 0.3) is 5.91 Å². The van der Waals surface area contributed by atoms with Crippen molar-refractivity contribution in [3.8, 4) is 11.5 Å². The number of pyridine rings is 1. The first-order valence-electron chi connectivity index (χ1n) is 8.22. The molecule has 27 heavy (non-hydrogen) atoms. The number of hydrogen-bond donors (Lipinski definition) is 0. The molecule has 3 aromatic rings. The lowest BCUT2D eigenvalue weighted by Crippen LogP contribution is -2.31. The van der Waals surface area contributed by atoms with E-state index in [1.165, 1.54) is 24.1 Å². The summed E-state index contributed by atoms with van der Waals surface area (Å²) in [5.41, 5.74) is 1.25. The summed E-state index contributed by atoms with van der Waals surface area (Å²) in [6.45, 7) is 0.0885. The van der Waals surface area contributed by atoms with Gasteiger partial charge in [-0.1, -0.05) is 17.7 Å². The summed E-state index contributed by atoms with van der Waals surface area (Å²) in [6, 6.07) is 11.6. The molecule has 0 spiro atoms. The number of fused-ring (bicyclic) bond motifs is 1. The molecular formula is C20H18ClFN2O3. The van der Waals surface area contributed by atoms with Crippen molar-refractivity contribution in [1.82, 2.24) is 9.88 Å². The van der Waals surface area contributed by atoms with Crippen LogP contribution in [-0.2, 0) is 11.3 Å². The fourth-order valence-corrected chi connectivity index (χ4v) is 2.86. The predicted octanol–water partition coefficient (Wildman–Crippen LogP) is 4.07. The first-order chi connectivity index (χ1) is 13.0. The minimum atomic E-state index is -0.467. The van der Waals surface area contributed by atoms with Crippen LogP contribution >= 0.6 is 11.6 Å². The molecule has 2 aromatic carbocycles. The van der Waals surface area contributed by atoms with Gasteiger partial charge in [-0.3, -0.25) is 9.78 Å². The molecule has 1 amide bonds. The number of aromatic nitrogens is 1. The van der Waals surface area contributed by atoms with Crippen LogP contribution in [0.15, 0.2) is 48.7 Å². The number of carbonyl (C=O) groups is 1. The zero-order chi connectivity index (χ0) is 19.4. The third-order valence-corrected chi connectivity index (χ3v) is 4.42. The molecule has 0 N–H and O–H groups in total. The Morgan fingerprint density at radius 1 is 1.22 bits per heavy atom. The second-order valence-corrected chi connectivity index (χ2v) is 6.36. The van der Waals surface area contributed by atoms with Gasteiger partial charge in [-0.15, -0.1) is 0 Å². The summed E-state index contributed by atoms with van der Waals surface area (Å²) in [6.07, 6.45) is 1.64. The lowest BCUT2D eigenvalue weighted by atomic mass is 10.2. The van der Waals surface area contributed by atoms with E-state index in [9.17, 15) is 9.18 Å². The van der Waals surface area contributed by atoms with Crippen molar-refractivity contribution in [2.45, 2.75) is 6.54 Å². The van der Waals surface area contributed by atoms with E-state index in [4.69, 9.17) is 21.1 Å². The van der Waals surface area contributed by atoms with Gasteiger partial charge < -0.3 is 14.4 Å². The number of likely N-dealkylation sites (N-methyl/N-ethyl adjacent to an activating group) is 1. The molecule has 1 aromatic heterocycles. The molecule has 7 heteroatoms. The van der Waals surface area contributed by atoms with Crippen molar-refractivity contribution in [3.63, 3.8) is 0 Å². The van der Waals surface area contributed by atoms with Gasteiger partial charge in [-0.05, 0) is 42.0 Å². The van der Waals surface area contributed by atoms with E-state index in [0.29, 0.717) is 21.9 Å². The van der Waals surface area contributed by atoms with Crippen molar-refractivity contribution in [2.75, 3.05) is 20.8 Å². The van der Waals surface area contributed by atoms with Gasteiger partial charge in [0.15, 0.2) is 18.2 Å². The monoisotopic (exact) mass is 388 g/mol. The highest BCUT2D eigenvalue weighted by Crippen LogP contribution is 2.29. The Kier molecular flexibility index (Phi) is 5.76. The predicted molar refractivity (Wildman–Crippen MR) is 102 cm³/mol. The van der Waals surface area contributed by atoms with Gasteiger partial charge in [0.1, 0.15) is 11.3 Å². The molecule has 0 aliphatic rings. The van der Waals surface area contributed by atoms with Crippen molar-refractivity contribution < 1.29 is 18.7 Å². The van der Waals surface area contributed by atoms with E-state index >= 15 is 0 Å². The second-order valence-electron chi connectivity index (χ2n) is 5.95. The van der Waals surface area contributed by atoms with Crippen LogP contribution in [-0.4, -0.2) is 36.6 Å². The third-order valence-electron chi connectivity index (χ3n) is 4.09. The van der Waals surface area contributed by atoms with Gasteiger partial charge in [-0.2, -0.15) is 0 Å². The van der Waals surface area contributed by atoms with Gasteiger partial charge in [0.05, 0.1) is 12.1 Å². The molecule has 0 bridgehead atoms. The molecule has 5 nitrogen and oxygen atoms in total. The Morgan fingerprint density at radius 2 is 2.00 bits per heavy atom. The molecule has 0 aliphatic carbocycles. The molecule has 0 saturated heterocycles. The molecular weight excluding hydrogens is 371 g/mol. The average Bonchev–Trinajstić information content (AvgIpc) is 2.67. The molecule has 0 saturated carbocycles. The number of nitrogens with zero attached hydrogens (tertiary/aromatic N) is 2. The number of benzene rings is 2. The minimum absolute atomic E-state index is 0.164. The molecule has 1 heterocycles. The van der Waals surface area contributed by atoms with Crippen LogP contribution in [0.3, 0.4) is 0 Å². The Labute approximate surface area is 161 Å². The Balaban J connectivity index is 1.66. The zero-order valence-electron chi connectivity index (χ0n) is 14.9. The van der Waals surface area contributed by atoms with Crippen LogP contribution in [0, 0.1) is 5.82 Å². The highest BCUT2D eigenvalue weighted by atomic mass is 35.5. The number of ether oxygens (including phenoxy) is 2. The zero-order valence-corrected chi connectivity index (χ0v) is 15.7. The van der Waals surface area contributed by atoms with Crippen LogP contribution < -0.4 is 9.47 Å². The third kappa shape index (κ3) is 4.28. The van der Waals surface area contributed by atoms with Gasteiger partial charge in [0, 0.05) is 25.2 Å². The number of amides is 1. The largest absolute Gasteiger partial charge is 0.494 e. The Bertz CT molecular complexity index is 981. The van der Waals surface area contributed by atoms with E-state index < -0.39 is 5.82 Å². The maximum absolute atomic E-state index is 13.8. The van der Waals surface area contributed by atoms with Crippen molar-refractivity contribution in [3.05, 3.63) is 65.1 Å². The number of carbonyl (C=O) groups excluding carboxylic acids is 1. The molecule has 3 rings (SSSR count). The molecule has 0 fully saturated rings. The van der Waals surface area contributed by atoms with Crippen LogP contribution in [0.25, 0.3) is 10.9 Å². The summed E-state index contributed by atoms with van der Waals surface area (Å²) in [7, 11) is 3.03. The maximum atomic E-state index is 13.8. The van der Waals surface area contributed by atoms with E-state index in [-0.39, 0.29) is 24.8 Å². The SMILES string of the molecule is COc1ccc(CN(C)C(=O)COc2ccc(Cl)c3cccnc23)cc1F. The van der Waals surface area contributed by atoms with E-state index in [0.717, 1.165) is 5.39 Å². The van der Waals surface area contributed by atoms with Crippen molar-refractivity contribution >= 4 is 28.4 Å². The summed E-state index contributed by atoms with van der Waals surface area (Å²) in [5, 5.41) is 1.32. The quantitative estimate of drug-likeness (QED) is 0.638. The van der Waals surface area contributed by atoms with Crippen LogP contribution in [0.1, 0.15) is 5.56 Å². The second kappa shape index (κ2) is 8.22. The highest BCUT2D eigenvalue weighted by Gasteiger charge is 2.14. The molecule has 0 atom stereocenters. The maximum Gasteiger partial charge on any atom is 0.260 e. The first kappa shape index (κ1) is 18.9. The lowest BCUT2D eigenvalue weighted by molar-refractivity contribution is -0.132. The van der Waals surface area contributed by atoms with E-state index in [2.05, 4.69) is 4.98 Å². The van der Waals surface area contributed by atoms with Crippen LogP contribution in [0.5, 0.6) is 11.5 Å². The molecule has 140 valence electrons. The number of rotatable bonds is 6. The summed E-state index contributed by atoms with van der Waals surface area (Å²) in [4.78, 5) is 18.1. The number of halogens is 2. The topological polar surface area (TPSA) is 51.7 Å². The highest BCUT2D eigenvalue weighted by molar-refractivity contribution is 6.35.